The fourth-order valence-electron chi connectivity index (χ4n) is 2.74. The van der Waals surface area contributed by atoms with Gasteiger partial charge in [0.15, 0.2) is 0 Å². The first-order valence-electron chi connectivity index (χ1n) is 7.49. The highest BCUT2D eigenvalue weighted by molar-refractivity contribution is 5.92. The van der Waals surface area contributed by atoms with Gasteiger partial charge in [-0.25, -0.2) is 4.79 Å². The van der Waals surface area contributed by atoms with Crippen molar-refractivity contribution in [3.05, 3.63) is 48.2 Å². The number of ether oxygens (including phenoxy) is 2. The van der Waals surface area contributed by atoms with Crippen LogP contribution in [0.2, 0.25) is 0 Å². The highest BCUT2D eigenvalue weighted by Gasteiger charge is 2.27. The van der Waals surface area contributed by atoms with Crippen molar-refractivity contribution in [2.75, 3.05) is 6.61 Å². The molecule has 0 amide bonds. The Morgan fingerprint density at radius 1 is 1.36 bits per heavy atom. The Labute approximate surface area is 130 Å². The fourth-order valence-corrected chi connectivity index (χ4v) is 2.74. The van der Waals surface area contributed by atoms with Gasteiger partial charge in [0.1, 0.15) is 11.7 Å². The van der Waals surface area contributed by atoms with E-state index in [1.54, 1.807) is 4.57 Å². The van der Waals surface area contributed by atoms with Gasteiger partial charge in [-0.05, 0) is 38.8 Å². The first-order chi connectivity index (χ1) is 10.4. The van der Waals surface area contributed by atoms with Gasteiger partial charge in [0.25, 0.3) is 0 Å². The van der Waals surface area contributed by atoms with Gasteiger partial charge in [0, 0.05) is 17.1 Å². The Morgan fingerprint density at radius 2 is 2.09 bits per heavy atom. The number of fused-ring (bicyclic) bond motifs is 1. The van der Waals surface area contributed by atoms with Crippen LogP contribution >= 0.6 is 0 Å². The minimum atomic E-state index is -0.532. The van der Waals surface area contributed by atoms with Gasteiger partial charge in [-0.2, -0.15) is 0 Å². The smallest absolute Gasteiger partial charge is 0.419 e. The van der Waals surface area contributed by atoms with E-state index in [9.17, 15) is 4.79 Å². The third-order valence-electron chi connectivity index (χ3n) is 3.69. The number of aromatic nitrogens is 1. The molecule has 0 bridgehead atoms. The number of carbonyl (C=O) groups is 1. The molecule has 1 aromatic heterocycles. The van der Waals surface area contributed by atoms with Crippen molar-refractivity contribution in [3.8, 4) is 0 Å². The third-order valence-corrected chi connectivity index (χ3v) is 3.69. The maximum absolute atomic E-state index is 12.5. The Kier molecular flexibility index (Phi) is 3.57. The first kappa shape index (κ1) is 14.9. The lowest BCUT2D eigenvalue weighted by molar-refractivity contribution is 0.0543. The molecule has 2 aromatic rings. The van der Waals surface area contributed by atoms with Gasteiger partial charge in [0.2, 0.25) is 0 Å². The van der Waals surface area contributed by atoms with Gasteiger partial charge in [-0.15, -0.1) is 0 Å². The average Bonchev–Trinajstić information content (AvgIpc) is 3.00. The number of nitrogens with zero attached hydrogens (tertiary/aromatic N) is 1. The second-order valence-corrected chi connectivity index (χ2v) is 6.61. The maximum atomic E-state index is 12.5. The second-order valence-electron chi connectivity index (χ2n) is 6.61. The summed E-state index contributed by atoms with van der Waals surface area (Å²) in [6, 6.07) is 7.79. The van der Waals surface area contributed by atoms with Crippen molar-refractivity contribution in [3.63, 3.8) is 0 Å². The van der Waals surface area contributed by atoms with Crippen molar-refractivity contribution >= 4 is 17.0 Å². The van der Waals surface area contributed by atoms with Crippen LogP contribution in [0.15, 0.2) is 42.6 Å². The van der Waals surface area contributed by atoms with Gasteiger partial charge < -0.3 is 9.47 Å². The summed E-state index contributed by atoms with van der Waals surface area (Å²) in [6.45, 7) is 10.3. The van der Waals surface area contributed by atoms with E-state index in [0.717, 1.165) is 28.5 Å². The van der Waals surface area contributed by atoms with E-state index in [1.165, 1.54) is 0 Å². The fraction of sp³-hybridized carbons (Fsp3) is 0.389. The normalized spacial score (nSPS) is 18.9. The van der Waals surface area contributed by atoms with Crippen molar-refractivity contribution < 1.29 is 14.3 Å². The molecule has 3 rings (SSSR count). The summed E-state index contributed by atoms with van der Waals surface area (Å²) in [5.74, 6) is 0. The molecule has 0 saturated carbocycles. The topological polar surface area (TPSA) is 40.5 Å². The lowest BCUT2D eigenvalue weighted by atomic mass is 10.0. The number of carbonyl (C=O) groups excluding carboxylic acids is 1. The Hall–Kier alpha value is -2.07. The summed E-state index contributed by atoms with van der Waals surface area (Å²) in [7, 11) is 0. The molecule has 22 heavy (non-hydrogen) atoms. The number of hydrogen-bond donors (Lipinski definition) is 0. The van der Waals surface area contributed by atoms with Crippen LogP contribution in [-0.2, 0) is 9.47 Å². The molecule has 0 N–H and O–H groups in total. The average molecular weight is 299 g/mol. The molecule has 1 atom stereocenters. The van der Waals surface area contributed by atoms with E-state index in [0.29, 0.717) is 6.61 Å². The number of benzene rings is 1. The predicted molar refractivity (Wildman–Crippen MR) is 86.0 cm³/mol. The molecule has 2 heterocycles. The monoisotopic (exact) mass is 299 g/mol. The van der Waals surface area contributed by atoms with E-state index in [4.69, 9.17) is 9.47 Å². The Morgan fingerprint density at radius 3 is 2.73 bits per heavy atom. The minimum Gasteiger partial charge on any atom is -0.443 e. The first-order valence-corrected chi connectivity index (χ1v) is 7.49. The number of hydrogen-bond acceptors (Lipinski definition) is 3. The summed E-state index contributed by atoms with van der Waals surface area (Å²) in [5.41, 5.74) is 2.32. The lowest BCUT2D eigenvalue weighted by Crippen LogP contribution is -2.26. The zero-order valence-corrected chi connectivity index (χ0v) is 13.3. The summed E-state index contributed by atoms with van der Waals surface area (Å²) in [6.07, 6.45) is 2.16. The van der Waals surface area contributed by atoms with Crippen LogP contribution in [0.4, 0.5) is 4.79 Å². The molecule has 1 fully saturated rings. The van der Waals surface area contributed by atoms with E-state index < -0.39 is 5.60 Å². The summed E-state index contributed by atoms with van der Waals surface area (Å²) in [5, 5.41) is 1.00. The highest BCUT2D eigenvalue weighted by Crippen LogP contribution is 2.37. The van der Waals surface area contributed by atoms with Crippen molar-refractivity contribution in [2.45, 2.75) is 38.9 Å². The molecule has 4 nitrogen and oxygen atoms in total. The largest absolute Gasteiger partial charge is 0.443 e. The van der Waals surface area contributed by atoms with Crippen molar-refractivity contribution in [2.24, 2.45) is 0 Å². The summed E-state index contributed by atoms with van der Waals surface area (Å²) in [4.78, 5) is 12.5. The molecule has 4 heteroatoms. The van der Waals surface area contributed by atoms with E-state index in [2.05, 4.69) is 6.58 Å². The number of para-hydroxylation sites is 1. The van der Waals surface area contributed by atoms with E-state index in [-0.39, 0.29) is 12.2 Å². The molecule has 1 aromatic carbocycles. The molecular formula is C18H21NO3. The third kappa shape index (κ3) is 2.66. The SMILES string of the molecule is C=C1CCOC1c1cn(C(=O)OC(C)(C)C)c2ccccc12. The quantitative estimate of drug-likeness (QED) is 0.731. The molecule has 0 radical (unpaired) electrons. The van der Waals surface area contributed by atoms with Gasteiger partial charge in [-0.1, -0.05) is 24.8 Å². The van der Waals surface area contributed by atoms with Crippen LogP contribution < -0.4 is 0 Å². The summed E-state index contributed by atoms with van der Waals surface area (Å²) >= 11 is 0. The van der Waals surface area contributed by atoms with Crippen LogP contribution in [0.3, 0.4) is 0 Å². The van der Waals surface area contributed by atoms with Crippen LogP contribution in [0.25, 0.3) is 10.9 Å². The minimum absolute atomic E-state index is 0.145. The van der Waals surface area contributed by atoms with Crippen molar-refractivity contribution in [1.29, 1.82) is 0 Å². The standard InChI is InChI=1S/C18H21NO3/c1-12-9-10-21-16(12)14-11-19(17(20)22-18(2,3)4)15-8-6-5-7-13(14)15/h5-8,11,16H,1,9-10H2,2-4H3. The molecule has 1 aliphatic heterocycles. The second kappa shape index (κ2) is 5.29. The van der Waals surface area contributed by atoms with Crippen LogP contribution in [0, 0.1) is 0 Å². The van der Waals surface area contributed by atoms with Gasteiger partial charge >= 0.3 is 6.09 Å². The maximum Gasteiger partial charge on any atom is 0.419 e. The zero-order valence-electron chi connectivity index (χ0n) is 13.3. The Bertz CT molecular complexity index is 736. The molecule has 116 valence electrons. The summed E-state index contributed by atoms with van der Waals surface area (Å²) < 4.78 is 12.8. The van der Waals surface area contributed by atoms with Gasteiger partial charge in [-0.3, -0.25) is 4.57 Å². The highest BCUT2D eigenvalue weighted by atomic mass is 16.6. The Balaban J connectivity index is 2.08. The molecule has 1 aliphatic rings. The lowest BCUT2D eigenvalue weighted by Gasteiger charge is -2.19. The van der Waals surface area contributed by atoms with E-state index >= 15 is 0 Å². The molecule has 0 spiro atoms. The molecular weight excluding hydrogens is 278 g/mol. The van der Waals surface area contributed by atoms with Crippen LogP contribution in [-0.4, -0.2) is 22.9 Å². The number of rotatable bonds is 1. The predicted octanol–water partition coefficient (Wildman–Crippen LogP) is 4.44. The zero-order chi connectivity index (χ0) is 15.9. The molecule has 1 unspecified atom stereocenters. The van der Waals surface area contributed by atoms with Crippen molar-refractivity contribution in [1.82, 2.24) is 4.57 Å². The van der Waals surface area contributed by atoms with Crippen LogP contribution in [0.5, 0.6) is 0 Å². The van der Waals surface area contributed by atoms with Crippen LogP contribution in [0.1, 0.15) is 38.9 Å². The molecule has 0 aliphatic carbocycles. The van der Waals surface area contributed by atoms with E-state index in [1.807, 2.05) is 51.2 Å². The molecule has 1 saturated heterocycles. The van der Waals surface area contributed by atoms with Gasteiger partial charge in [0.05, 0.1) is 12.1 Å².